The molecule has 1 aromatic heterocycles. The maximum Gasteiger partial charge on any atom is 0.307 e. The highest BCUT2D eigenvalue weighted by Gasteiger charge is 2.34. The number of rotatable bonds is 12. The highest BCUT2D eigenvalue weighted by Crippen LogP contribution is 2.48. The zero-order chi connectivity index (χ0) is 44.8. The molecule has 0 radical (unpaired) electrons. The predicted molar refractivity (Wildman–Crippen MR) is 263 cm³/mol. The molecule has 3 aliphatic carbocycles. The number of halogens is 4. The molecule has 0 saturated heterocycles. The second-order valence-corrected chi connectivity index (χ2v) is 20.5. The average molecular weight is 1100 g/mol. The van der Waals surface area contributed by atoms with Crippen LogP contribution in [0.2, 0.25) is 0 Å². The number of oxazole rings is 1. The minimum absolute atomic E-state index is 0.0667. The van der Waals surface area contributed by atoms with Gasteiger partial charge in [0.25, 0.3) is 0 Å². The third-order valence-electron chi connectivity index (χ3n) is 13.5. The first-order chi connectivity index (χ1) is 29.7. The Hall–Kier alpha value is -3.12. The molecule has 4 aromatic carbocycles. The van der Waals surface area contributed by atoms with Crippen molar-refractivity contribution in [3.63, 3.8) is 0 Å². The average Bonchev–Trinajstić information content (AvgIpc) is 4.06. The maximum absolute atomic E-state index is 11.6. The van der Waals surface area contributed by atoms with Gasteiger partial charge in [-0.3, -0.25) is 4.79 Å². The molecule has 0 aliphatic heterocycles. The van der Waals surface area contributed by atoms with Crippen molar-refractivity contribution in [2.24, 2.45) is 17.8 Å². The Bertz CT molecular complexity index is 2350. The van der Waals surface area contributed by atoms with Gasteiger partial charge in [0.05, 0.1) is 36.1 Å². The number of aromatic nitrogens is 1. The minimum Gasteiger partial charge on any atom is -0.507 e. The summed E-state index contributed by atoms with van der Waals surface area (Å²) < 4.78 is 15.3. The van der Waals surface area contributed by atoms with Crippen LogP contribution in [0.3, 0.4) is 0 Å². The van der Waals surface area contributed by atoms with Gasteiger partial charge in [0, 0.05) is 12.0 Å². The highest BCUT2D eigenvalue weighted by atomic mass is 79.9. The van der Waals surface area contributed by atoms with Crippen molar-refractivity contribution < 1.29 is 29.3 Å². The first-order valence-corrected chi connectivity index (χ1v) is 25.2. The molecule has 8 rings (SSSR count). The molecule has 3 aliphatic rings. The Morgan fingerprint density at radius 1 is 0.774 bits per heavy atom. The molecule has 6 unspecified atom stereocenters. The molecule has 1 heterocycles. The van der Waals surface area contributed by atoms with Gasteiger partial charge in [-0.2, -0.15) is 0 Å². The molecule has 62 heavy (non-hydrogen) atoms. The van der Waals surface area contributed by atoms with Crippen LogP contribution in [0.25, 0.3) is 11.5 Å². The van der Waals surface area contributed by atoms with Gasteiger partial charge < -0.3 is 24.5 Å². The number of phenolic OH excluding ortho intramolecular Hbond substituents is 2. The molecule has 0 saturated carbocycles. The fourth-order valence-corrected chi connectivity index (χ4v) is 11.7. The summed E-state index contributed by atoms with van der Waals surface area (Å²) in [4.78, 5) is 16.3. The number of aromatic hydroxyl groups is 2. The third-order valence-corrected chi connectivity index (χ3v) is 16.2. The van der Waals surface area contributed by atoms with E-state index in [2.05, 4.69) is 115 Å². The van der Waals surface area contributed by atoms with Gasteiger partial charge in [-0.15, -0.1) is 0 Å². The van der Waals surface area contributed by atoms with Crippen molar-refractivity contribution in [1.82, 2.24) is 4.98 Å². The van der Waals surface area contributed by atoms with E-state index in [1.807, 2.05) is 56.3 Å². The lowest BCUT2D eigenvalue weighted by Crippen LogP contribution is -2.19. The van der Waals surface area contributed by atoms with E-state index in [9.17, 15) is 20.1 Å². The van der Waals surface area contributed by atoms with Crippen molar-refractivity contribution in [2.75, 3.05) is 6.61 Å². The number of carboxylic acid groups (broad SMARTS) is 1. The Labute approximate surface area is 401 Å². The van der Waals surface area contributed by atoms with Crippen LogP contribution < -0.4 is 4.74 Å². The van der Waals surface area contributed by atoms with E-state index < -0.39 is 5.97 Å². The first kappa shape index (κ1) is 48.3. The summed E-state index contributed by atoms with van der Waals surface area (Å²) in [6, 6.07) is 20.1. The second-order valence-electron chi connectivity index (χ2n) is 17.1. The Balaban J connectivity index is 0.000000173. The van der Waals surface area contributed by atoms with Crippen molar-refractivity contribution in [2.45, 2.75) is 124 Å². The molecule has 11 heteroatoms. The summed E-state index contributed by atoms with van der Waals surface area (Å²) in [5.74, 6) is 4.72. The molecule has 5 aromatic rings. The monoisotopic (exact) mass is 1100 g/mol. The molecular formula is C51H59Br4NO6. The Morgan fingerprint density at radius 3 is 2.00 bits per heavy atom. The minimum atomic E-state index is -0.713. The number of hydrogen-bond acceptors (Lipinski definition) is 6. The van der Waals surface area contributed by atoms with E-state index in [1.54, 1.807) is 0 Å². The van der Waals surface area contributed by atoms with E-state index in [1.165, 1.54) is 53.5 Å². The summed E-state index contributed by atoms with van der Waals surface area (Å²) in [5.41, 5.74) is 9.65. The number of fused-ring (bicyclic) bond motifs is 3. The maximum atomic E-state index is 11.6. The number of hydrogen-bond donors (Lipinski definition) is 3. The molecule has 0 bridgehead atoms. The molecule has 7 nitrogen and oxygen atoms in total. The van der Waals surface area contributed by atoms with Crippen LogP contribution >= 0.6 is 63.7 Å². The fourth-order valence-electron chi connectivity index (χ4n) is 9.53. The fraction of sp³-hybridized carbons (Fsp3) is 0.451. The summed E-state index contributed by atoms with van der Waals surface area (Å²) in [5, 5.41) is 29.0. The second kappa shape index (κ2) is 21.7. The highest BCUT2D eigenvalue weighted by molar-refractivity contribution is 9.11. The number of carbonyl (C=O) groups is 1. The largest absolute Gasteiger partial charge is 0.507 e. The van der Waals surface area contributed by atoms with Gasteiger partial charge in [0.15, 0.2) is 0 Å². The lowest BCUT2D eigenvalue weighted by atomic mass is 9.85. The van der Waals surface area contributed by atoms with E-state index >= 15 is 0 Å². The number of ether oxygens (including phenoxy) is 1. The van der Waals surface area contributed by atoms with Gasteiger partial charge >= 0.3 is 5.97 Å². The van der Waals surface area contributed by atoms with Crippen LogP contribution in [0, 0.1) is 24.7 Å². The van der Waals surface area contributed by atoms with Gasteiger partial charge in [-0.1, -0.05) is 65.7 Å². The Kier molecular flexibility index (Phi) is 16.9. The van der Waals surface area contributed by atoms with Gasteiger partial charge in [-0.05, 0) is 221 Å². The molecule has 332 valence electrons. The van der Waals surface area contributed by atoms with Crippen molar-refractivity contribution in [1.29, 1.82) is 0 Å². The van der Waals surface area contributed by atoms with Crippen LogP contribution in [0.1, 0.15) is 136 Å². The van der Waals surface area contributed by atoms with Gasteiger partial charge in [0.2, 0.25) is 5.89 Å². The number of carboxylic acids is 1. The number of benzene rings is 4. The smallest absolute Gasteiger partial charge is 0.307 e. The lowest BCUT2D eigenvalue weighted by molar-refractivity contribution is -0.142. The predicted octanol–water partition coefficient (Wildman–Crippen LogP) is 15.4. The molecule has 0 amide bonds. The summed E-state index contributed by atoms with van der Waals surface area (Å²) in [6.07, 6.45) is 10.1. The topological polar surface area (TPSA) is 113 Å². The summed E-state index contributed by atoms with van der Waals surface area (Å²) in [6.45, 7) is 13.5. The molecule has 0 spiro atoms. The van der Waals surface area contributed by atoms with Crippen LogP contribution in [-0.4, -0.2) is 32.9 Å². The normalized spacial score (nSPS) is 18.6. The number of aryl methyl sites for hydroxylation is 3. The lowest BCUT2D eigenvalue weighted by Gasteiger charge is -2.19. The van der Waals surface area contributed by atoms with Crippen molar-refractivity contribution in [3.8, 4) is 28.7 Å². The van der Waals surface area contributed by atoms with E-state index in [0.29, 0.717) is 54.6 Å². The first-order valence-electron chi connectivity index (χ1n) is 22.1. The zero-order valence-electron chi connectivity index (χ0n) is 36.5. The van der Waals surface area contributed by atoms with Gasteiger partial charge in [0.1, 0.15) is 23.0 Å². The van der Waals surface area contributed by atoms with Crippen LogP contribution in [0.5, 0.6) is 17.2 Å². The third kappa shape index (κ3) is 10.9. The van der Waals surface area contributed by atoms with Crippen LogP contribution in [0.4, 0.5) is 0 Å². The zero-order valence-corrected chi connectivity index (χ0v) is 42.9. The SMILES string of the molecule is CCC(C(=O)O)C1CCc2cc(OCCc3nc(-c4ccccc4)oc3C)c(Br)cc21.CCC(C)C1CCc2c1cc(Br)c(O)c2Br.CCC(C)C1CCc2cc(O)c(Br)cc21. The molecule has 6 atom stereocenters. The quantitative estimate of drug-likeness (QED) is 0.114. The van der Waals surface area contributed by atoms with E-state index in [0.717, 1.165) is 77.8 Å². The van der Waals surface area contributed by atoms with E-state index in [-0.39, 0.29) is 11.8 Å². The molecular weight excluding hydrogens is 1040 g/mol. The summed E-state index contributed by atoms with van der Waals surface area (Å²) in [7, 11) is 0. The number of nitrogens with zero attached hydrogens (tertiary/aromatic N) is 1. The summed E-state index contributed by atoms with van der Waals surface area (Å²) >= 11 is 13.9. The van der Waals surface area contributed by atoms with E-state index in [4.69, 9.17) is 9.15 Å². The van der Waals surface area contributed by atoms with Crippen LogP contribution in [-0.2, 0) is 30.5 Å². The van der Waals surface area contributed by atoms with Crippen LogP contribution in [0.15, 0.2) is 83.0 Å². The standard InChI is InChI=1S/C25H26BrNO4.C13H16Br2O.C13H17BrO/c1-3-18(25(28)29)19-10-9-17-13-23(21(26)14-20(17)19)30-12-11-22-15(2)31-24(27-22)16-7-5-4-6-8-16;1-3-7(2)8-4-5-9-10(8)6-11(14)13(16)12(9)15;1-3-8(2)10-5-4-9-6-13(15)12(14)7-11(9)10/h4-8,13-14,18-19H,3,9-12H2,1-2H3,(H,28,29);6-8,16H,3-5H2,1-2H3;6-8,10,15H,3-5H2,1-2H3. The molecule has 0 fully saturated rings. The van der Waals surface area contributed by atoms with Crippen molar-refractivity contribution >= 4 is 69.7 Å². The molecule has 3 N–H and O–H groups in total. The number of aliphatic carboxylic acids is 1. The van der Waals surface area contributed by atoms with Crippen molar-refractivity contribution in [3.05, 3.63) is 123 Å². The Morgan fingerprint density at radius 2 is 1.35 bits per heavy atom. The number of phenols is 2. The van der Waals surface area contributed by atoms with Gasteiger partial charge in [-0.25, -0.2) is 4.98 Å².